The first-order chi connectivity index (χ1) is 9.78. The smallest absolute Gasteiger partial charge is 0.178 e. The lowest BCUT2D eigenvalue weighted by atomic mass is 10.1. The average Bonchev–Trinajstić information content (AvgIpc) is 3.26. The summed E-state index contributed by atoms with van der Waals surface area (Å²) in [5, 5.41) is 0. The molecule has 5 heteroatoms. The third kappa shape index (κ3) is 4.18. The van der Waals surface area contributed by atoms with Gasteiger partial charge < -0.3 is 14.2 Å². The Bertz CT molecular complexity index is 387. The Morgan fingerprint density at radius 1 is 1.15 bits per heavy atom. The second kappa shape index (κ2) is 7.59. The molecule has 1 aliphatic rings. The van der Waals surface area contributed by atoms with E-state index in [1.165, 1.54) is 0 Å². The molecular weight excluding hydrogens is 256 g/mol. The first-order valence-corrected chi connectivity index (χ1v) is 7.24. The van der Waals surface area contributed by atoms with Gasteiger partial charge in [0.1, 0.15) is 5.75 Å². The third-order valence-electron chi connectivity index (χ3n) is 3.18. The number of ether oxygens (including phenoxy) is 3. The van der Waals surface area contributed by atoms with Gasteiger partial charge >= 0.3 is 0 Å². The summed E-state index contributed by atoms with van der Waals surface area (Å²) in [6.45, 7) is 5.02. The Labute approximate surface area is 120 Å². The number of nitrogens with one attached hydrogen (secondary N) is 1. The number of hydrazine groups is 1. The molecule has 0 aromatic heterocycles. The van der Waals surface area contributed by atoms with Crippen molar-refractivity contribution in [2.24, 2.45) is 5.84 Å². The molecule has 3 N–H and O–H groups in total. The summed E-state index contributed by atoms with van der Waals surface area (Å²) in [5.74, 6) is 6.55. The maximum absolute atomic E-state index is 5.73. The Morgan fingerprint density at radius 3 is 2.20 bits per heavy atom. The summed E-state index contributed by atoms with van der Waals surface area (Å²) in [6, 6.07) is 7.71. The van der Waals surface area contributed by atoms with E-state index in [-0.39, 0.29) is 6.04 Å². The number of hydrogen-bond acceptors (Lipinski definition) is 5. The van der Waals surface area contributed by atoms with Crippen molar-refractivity contribution in [3.8, 4) is 5.75 Å². The summed E-state index contributed by atoms with van der Waals surface area (Å²) >= 11 is 0. The second-order valence-corrected chi connectivity index (χ2v) is 4.81. The third-order valence-corrected chi connectivity index (χ3v) is 3.18. The van der Waals surface area contributed by atoms with Crippen LogP contribution in [0.5, 0.6) is 5.75 Å². The van der Waals surface area contributed by atoms with E-state index in [4.69, 9.17) is 20.1 Å². The van der Waals surface area contributed by atoms with Crippen LogP contribution in [0.2, 0.25) is 0 Å². The van der Waals surface area contributed by atoms with Crippen LogP contribution in [0.25, 0.3) is 0 Å². The highest BCUT2D eigenvalue weighted by Crippen LogP contribution is 2.28. The summed E-state index contributed by atoms with van der Waals surface area (Å²) in [5.41, 5.74) is 3.79. The summed E-state index contributed by atoms with van der Waals surface area (Å²) < 4.78 is 16.9. The zero-order valence-electron chi connectivity index (χ0n) is 12.2. The molecule has 5 nitrogen and oxygen atoms in total. The van der Waals surface area contributed by atoms with Gasteiger partial charge in [0.15, 0.2) is 6.29 Å². The van der Waals surface area contributed by atoms with Crippen LogP contribution in [-0.2, 0) is 9.47 Å². The van der Waals surface area contributed by atoms with Crippen molar-refractivity contribution in [2.75, 3.05) is 13.2 Å². The first kappa shape index (κ1) is 15.3. The Hall–Kier alpha value is -1.14. The van der Waals surface area contributed by atoms with E-state index in [1.54, 1.807) is 0 Å². The molecule has 0 aliphatic heterocycles. The Morgan fingerprint density at radius 2 is 1.75 bits per heavy atom. The van der Waals surface area contributed by atoms with Crippen molar-refractivity contribution in [1.82, 2.24) is 5.43 Å². The highest BCUT2D eigenvalue weighted by Gasteiger charge is 2.25. The van der Waals surface area contributed by atoms with Crippen LogP contribution in [0, 0.1) is 0 Å². The molecule has 0 radical (unpaired) electrons. The lowest BCUT2D eigenvalue weighted by molar-refractivity contribution is -0.155. The predicted molar refractivity (Wildman–Crippen MR) is 77.2 cm³/mol. The molecule has 1 aromatic carbocycles. The summed E-state index contributed by atoms with van der Waals surface area (Å²) in [7, 11) is 0. The molecule has 1 aromatic rings. The fourth-order valence-electron chi connectivity index (χ4n) is 2.03. The van der Waals surface area contributed by atoms with Crippen molar-refractivity contribution in [2.45, 2.75) is 45.1 Å². The molecule has 0 saturated heterocycles. The van der Waals surface area contributed by atoms with Crippen LogP contribution < -0.4 is 16.0 Å². The summed E-state index contributed by atoms with van der Waals surface area (Å²) in [4.78, 5) is 0. The van der Waals surface area contributed by atoms with Gasteiger partial charge in [-0.3, -0.25) is 5.84 Å². The van der Waals surface area contributed by atoms with Crippen molar-refractivity contribution < 1.29 is 14.2 Å². The van der Waals surface area contributed by atoms with E-state index in [9.17, 15) is 0 Å². The van der Waals surface area contributed by atoms with Gasteiger partial charge in [0.2, 0.25) is 0 Å². The SMILES string of the molecule is CCOC(OCC)C(NN)c1ccc(OC2CC2)cc1. The maximum atomic E-state index is 5.73. The lowest BCUT2D eigenvalue weighted by Crippen LogP contribution is -2.39. The maximum Gasteiger partial charge on any atom is 0.178 e. The van der Waals surface area contributed by atoms with Crippen LogP contribution >= 0.6 is 0 Å². The van der Waals surface area contributed by atoms with E-state index in [2.05, 4.69) is 5.43 Å². The zero-order valence-corrected chi connectivity index (χ0v) is 12.2. The molecule has 1 atom stereocenters. The van der Waals surface area contributed by atoms with Crippen LogP contribution in [0.1, 0.15) is 38.3 Å². The minimum atomic E-state index is -0.398. The highest BCUT2D eigenvalue weighted by molar-refractivity contribution is 5.30. The number of rotatable bonds is 9. The molecule has 0 amide bonds. The van der Waals surface area contributed by atoms with Crippen LogP contribution in [0.3, 0.4) is 0 Å². The van der Waals surface area contributed by atoms with Crippen molar-refractivity contribution in [1.29, 1.82) is 0 Å². The molecule has 0 bridgehead atoms. The van der Waals surface area contributed by atoms with E-state index in [1.807, 2.05) is 38.1 Å². The van der Waals surface area contributed by atoms with Crippen LogP contribution in [0.15, 0.2) is 24.3 Å². The topological polar surface area (TPSA) is 65.7 Å². The number of hydrogen-bond donors (Lipinski definition) is 2. The van der Waals surface area contributed by atoms with Gasteiger partial charge in [0.05, 0.1) is 12.1 Å². The standard InChI is InChI=1S/C15H24N2O3/c1-3-18-15(19-4-2)14(17-16)11-5-7-12(8-6-11)20-13-9-10-13/h5-8,13-15,17H,3-4,9-10,16H2,1-2H3. The van der Waals surface area contributed by atoms with Gasteiger partial charge in [-0.25, -0.2) is 5.43 Å². The minimum absolute atomic E-state index is 0.204. The number of nitrogens with two attached hydrogens (primary N) is 1. The van der Waals surface area contributed by atoms with Crippen molar-refractivity contribution in [3.05, 3.63) is 29.8 Å². The van der Waals surface area contributed by atoms with Crippen molar-refractivity contribution >= 4 is 0 Å². The Balaban J connectivity index is 2.04. The molecular formula is C15H24N2O3. The highest BCUT2D eigenvalue weighted by atomic mass is 16.7. The Kier molecular flexibility index (Phi) is 5.79. The van der Waals surface area contributed by atoms with Gasteiger partial charge in [-0.1, -0.05) is 12.1 Å². The molecule has 1 saturated carbocycles. The minimum Gasteiger partial charge on any atom is -0.490 e. The van der Waals surface area contributed by atoms with E-state index < -0.39 is 6.29 Å². The van der Waals surface area contributed by atoms with Crippen LogP contribution in [-0.4, -0.2) is 25.6 Å². The largest absolute Gasteiger partial charge is 0.490 e. The second-order valence-electron chi connectivity index (χ2n) is 4.81. The molecule has 0 heterocycles. The van der Waals surface area contributed by atoms with E-state index in [0.717, 1.165) is 24.2 Å². The van der Waals surface area contributed by atoms with Crippen LogP contribution in [0.4, 0.5) is 0 Å². The summed E-state index contributed by atoms with van der Waals surface area (Å²) in [6.07, 6.45) is 2.32. The first-order valence-electron chi connectivity index (χ1n) is 7.24. The van der Waals surface area contributed by atoms with Gasteiger partial charge in [0.25, 0.3) is 0 Å². The predicted octanol–water partition coefficient (Wildman–Crippen LogP) is 2.13. The quantitative estimate of drug-likeness (QED) is 0.412. The van der Waals surface area contributed by atoms with Gasteiger partial charge in [-0.2, -0.15) is 0 Å². The zero-order chi connectivity index (χ0) is 14.4. The molecule has 20 heavy (non-hydrogen) atoms. The molecule has 1 aliphatic carbocycles. The van der Waals surface area contributed by atoms with E-state index >= 15 is 0 Å². The normalized spacial score (nSPS) is 16.4. The lowest BCUT2D eigenvalue weighted by Gasteiger charge is -2.26. The molecule has 0 spiro atoms. The molecule has 1 fully saturated rings. The van der Waals surface area contributed by atoms with Gasteiger partial charge in [0, 0.05) is 13.2 Å². The molecule has 112 valence electrons. The molecule has 2 rings (SSSR count). The number of benzene rings is 1. The fraction of sp³-hybridized carbons (Fsp3) is 0.600. The molecule has 1 unspecified atom stereocenters. The monoisotopic (exact) mass is 280 g/mol. The van der Waals surface area contributed by atoms with E-state index in [0.29, 0.717) is 19.3 Å². The van der Waals surface area contributed by atoms with Gasteiger partial charge in [-0.05, 0) is 44.4 Å². The van der Waals surface area contributed by atoms with Gasteiger partial charge in [-0.15, -0.1) is 0 Å². The fourth-order valence-corrected chi connectivity index (χ4v) is 2.03. The van der Waals surface area contributed by atoms with Crippen molar-refractivity contribution in [3.63, 3.8) is 0 Å². The average molecular weight is 280 g/mol.